The van der Waals surface area contributed by atoms with Crippen LogP contribution in [0.25, 0.3) is 0 Å². The van der Waals surface area contributed by atoms with E-state index >= 15 is 0 Å². The predicted octanol–water partition coefficient (Wildman–Crippen LogP) is 5.61. The van der Waals surface area contributed by atoms with Crippen molar-refractivity contribution in [3.8, 4) is 0 Å². The second kappa shape index (κ2) is 10.6. The Balaban J connectivity index is 1.10. The fraction of sp³-hybridized carbons (Fsp3) is 0.400. The van der Waals surface area contributed by atoms with Crippen molar-refractivity contribution in [2.75, 3.05) is 29.4 Å². The number of anilines is 2. The molecule has 214 valence electrons. The number of rotatable bonds is 6. The number of amides is 2. The molecule has 2 aliphatic heterocycles. The zero-order chi connectivity index (χ0) is 28.9. The second-order valence-corrected chi connectivity index (χ2v) is 11.7. The summed E-state index contributed by atoms with van der Waals surface area (Å²) in [5.41, 5.74) is 1.21. The summed E-state index contributed by atoms with van der Waals surface area (Å²) in [7, 11) is 0. The molecular weight excluding hydrogens is 555 g/mol. The summed E-state index contributed by atoms with van der Waals surface area (Å²) in [6.45, 7) is 3.35. The number of nitrogens with one attached hydrogen (secondary N) is 1. The monoisotopic (exact) mass is 583 g/mol. The molecule has 1 saturated carbocycles. The highest BCUT2D eigenvalue weighted by Crippen LogP contribution is 2.49. The van der Waals surface area contributed by atoms with Crippen LogP contribution < -0.4 is 15.1 Å². The largest absolute Gasteiger partial charge is 0.353 e. The number of benzene rings is 1. The van der Waals surface area contributed by atoms with E-state index in [-0.39, 0.29) is 34.3 Å². The van der Waals surface area contributed by atoms with Gasteiger partial charge in [0.05, 0.1) is 16.8 Å². The van der Waals surface area contributed by atoms with Gasteiger partial charge in [-0.25, -0.2) is 18.2 Å². The van der Waals surface area contributed by atoms with Crippen LogP contribution in [0.3, 0.4) is 0 Å². The highest BCUT2D eigenvalue weighted by Gasteiger charge is 2.58. The van der Waals surface area contributed by atoms with Crippen molar-refractivity contribution >= 4 is 34.9 Å². The molecule has 7 nitrogen and oxygen atoms in total. The van der Waals surface area contributed by atoms with Crippen molar-refractivity contribution < 1.29 is 22.8 Å². The number of aryl methyl sites for hydroxylation is 1. The molecule has 2 amide bonds. The molecular formula is C30H29ClF3N5O2. The minimum Gasteiger partial charge on any atom is -0.353 e. The van der Waals surface area contributed by atoms with Gasteiger partial charge in [0.25, 0.3) is 12.3 Å². The first kappa shape index (κ1) is 27.5. The van der Waals surface area contributed by atoms with Crippen molar-refractivity contribution in [1.29, 1.82) is 0 Å². The molecule has 0 radical (unpaired) electrons. The zero-order valence-corrected chi connectivity index (χ0v) is 23.2. The van der Waals surface area contributed by atoms with Crippen LogP contribution in [-0.4, -0.2) is 47.5 Å². The molecule has 3 aliphatic rings. The highest BCUT2D eigenvalue weighted by atomic mass is 35.5. The lowest BCUT2D eigenvalue weighted by Crippen LogP contribution is -2.64. The fourth-order valence-electron chi connectivity index (χ4n) is 6.52. The molecule has 41 heavy (non-hydrogen) atoms. The van der Waals surface area contributed by atoms with E-state index in [1.807, 2.05) is 41.0 Å². The van der Waals surface area contributed by atoms with Crippen molar-refractivity contribution in [3.63, 3.8) is 0 Å². The number of nitrogens with zero attached hydrogens (tertiary/aromatic N) is 4. The summed E-state index contributed by atoms with van der Waals surface area (Å²) in [4.78, 5) is 38.5. The van der Waals surface area contributed by atoms with Crippen LogP contribution in [-0.2, 0) is 10.2 Å². The maximum absolute atomic E-state index is 13.9. The van der Waals surface area contributed by atoms with E-state index in [4.69, 9.17) is 11.6 Å². The molecule has 2 fully saturated rings. The Morgan fingerprint density at radius 1 is 1.12 bits per heavy atom. The van der Waals surface area contributed by atoms with Crippen molar-refractivity contribution in [2.24, 2.45) is 5.92 Å². The Bertz CT molecular complexity index is 1510. The summed E-state index contributed by atoms with van der Waals surface area (Å²) in [6, 6.07) is 10.4. The first-order valence-corrected chi connectivity index (χ1v) is 14.1. The fourth-order valence-corrected chi connectivity index (χ4v) is 6.68. The number of carbonyl (C=O) groups is 2. The number of alkyl halides is 2. The standard InChI is InChI=1S/C30H29ClF3N5O2/c1-17-10-20(32)13-36-27(17)38-15-30(16-38)23-4-2-3-5-24(23)39(29(30)41)14-18-6-8-21(9-7-18)37-28(40)22-11-19(31)12-35-25(22)26(33)34/h2-5,10-13,18,21,26H,6-9,14-16H2,1H3,(H,37,40). The van der Waals surface area contributed by atoms with E-state index in [2.05, 4.69) is 15.3 Å². The third kappa shape index (κ3) is 4.92. The summed E-state index contributed by atoms with van der Waals surface area (Å²) < 4.78 is 40.3. The van der Waals surface area contributed by atoms with Crippen molar-refractivity contribution in [2.45, 2.75) is 50.5 Å². The minimum absolute atomic E-state index is 0.0677. The van der Waals surface area contributed by atoms with E-state index in [1.54, 1.807) is 0 Å². The zero-order valence-electron chi connectivity index (χ0n) is 22.4. The number of hydrogen-bond donors (Lipinski definition) is 1. The van der Waals surface area contributed by atoms with Gasteiger partial charge in [0.2, 0.25) is 5.91 Å². The second-order valence-electron chi connectivity index (χ2n) is 11.2. The normalized spacial score (nSPS) is 21.3. The Kier molecular flexibility index (Phi) is 7.13. The molecule has 0 atom stereocenters. The molecule has 1 saturated heterocycles. The van der Waals surface area contributed by atoms with Crippen LogP contribution >= 0.6 is 11.6 Å². The van der Waals surface area contributed by atoms with Crippen LogP contribution in [0, 0.1) is 18.7 Å². The first-order chi connectivity index (χ1) is 19.7. The Hall–Kier alpha value is -3.66. The number of fused-ring (bicyclic) bond motifs is 2. The topological polar surface area (TPSA) is 78.4 Å². The Morgan fingerprint density at radius 2 is 1.85 bits per heavy atom. The molecule has 4 heterocycles. The summed E-state index contributed by atoms with van der Waals surface area (Å²) in [5, 5.41) is 2.99. The lowest BCUT2D eigenvalue weighted by molar-refractivity contribution is -0.124. The van der Waals surface area contributed by atoms with Crippen LogP contribution in [0.1, 0.15) is 59.3 Å². The van der Waals surface area contributed by atoms with E-state index < -0.39 is 23.4 Å². The lowest BCUT2D eigenvalue weighted by Gasteiger charge is -2.48. The smallest absolute Gasteiger partial charge is 0.281 e. The number of para-hydroxylation sites is 1. The van der Waals surface area contributed by atoms with Crippen molar-refractivity contribution in [1.82, 2.24) is 15.3 Å². The van der Waals surface area contributed by atoms with Gasteiger partial charge in [0.1, 0.15) is 22.7 Å². The van der Waals surface area contributed by atoms with Crippen LogP contribution in [0.2, 0.25) is 5.02 Å². The number of pyridine rings is 2. The quantitative estimate of drug-likeness (QED) is 0.408. The molecule has 11 heteroatoms. The van der Waals surface area contributed by atoms with Gasteiger partial charge in [0, 0.05) is 37.6 Å². The van der Waals surface area contributed by atoms with Gasteiger partial charge in [-0.3, -0.25) is 14.6 Å². The van der Waals surface area contributed by atoms with E-state index in [9.17, 15) is 22.8 Å². The third-order valence-electron chi connectivity index (χ3n) is 8.56. The molecule has 6 rings (SSSR count). The average Bonchev–Trinajstić information content (AvgIpc) is 3.17. The maximum Gasteiger partial charge on any atom is 0.281 e. The lowest BCUT2D eigenvalue weighted by atomic mass is 9.74. The van der Waals surface area contributed by atoms with Crippen LogP contribution in [0.5, 0.6) is 0 Å². The number of halogens is 4. The first-order valence-electron chi connectivity index (χ1n) is 13.7. The molecule has 2 aromatic heterocycles. The molecule has 3 aromatic rings. The van der Waals surface area contributed by atoms with Gasteiger partial charge < -0.3 is 15.1 Å². The number of hydrogen-bond acceptors (Lipinski definition) is 5. The Labute approximate surface area is 240 Å². The highest BCUT2D eigenvalue weighted by molar-refractivity contribution is 6.30. The van der Waals surface area contributed by atoms with Crippen molar-refractivity contribution in [3.05, 3.63) is 82.0 Å². The summed E-state index contributed by atoms with van der Waals surface area (Å²) >= 11 is 5.90. The van der Waals surface area contributed by atoms with E-state index in [0.717, 1.165) is 35.9 Å². The average molecular weight is 584 g/mol. The molecule has 1 N–H and O–H groups in total. The minimum atomic E-state index is -2.88. The maximum atomic E-state index is 13.9. The van der Waals surface area contributed by atoms with E-state index in [0.29, 0.717) is 38.3 Å². The van der Waals surface area contributed by atoms with Gasteiger partial charge in [-0.1, -0.05) is 29.8 Å². The van der Waals surface area contributed by atoms with Crippen LogP contribution in [0.4, 0.5) is 24.7 Å². The summed E-state index contributed by atoms with van der Waals surface area (Å²) in [6.07, 6.45) is 2.33. The van der Waals surface area contributed by atoms with Gasteiger partial charge in [-0.2, -0.15) is 0 Å². The van der Waals surface area contributed by atoms with E-state index in [1.165, 1.54) is 18.3 Å². The molecule has 1 aromatic carbocycles. The van der Waals surface area contributed by atoms with Crippen LogP contribution in [0.15, 0.2) is 48.8 Å². The number of aromatic nitrogens is 2. The molecule has 1 aliphatic carbocycles. The van der Waals surface area contributed by atoms with Gasteiger partial charge in [0.15, 0.2) is 0 Å². The predicted molar refractivity (Wildman–Crippen MR) is 149 cm³/mol. The molecule has 1 spiro atoms. The summed E-state index contributed by atoms with van der Waals surface area (Å²) in [5.74, 6) is -0.00110. The van der Waals surface area contributed by atoms with Gasteiger partial charge >= 0.3 is 0 Å². The SMILES string of the molecule is Cc1cc(F)cnc1N1CC2(C1)C(=O)N(CC1CCC(NC(=O)c3cc(Cl)cnc3C(F)F)CC1)c1ccccc12. The van der Waals surface area contributed by atoms with Gasteiger partial charge in [-0.05, 0) is 67.9 Å². The number of carbonyl (C=O) groups excluding carboxylic acids is 2. The molecule has 0 bridgehead atoms. The van der Waals surface area contributed by atoms with Gasteiger partial charge in [-0.15, -0.1) is 0 Å². The third-order valence-corrected chi connectivity index (χ3v) is 8.77. The molecule has 0 unspecified atom stereocenters. The Morgan fingerprint density at radius 3 is 2.56 bits per heavy atom.